The quantitative estimate of drug-likeness (QED) is 0.712. The van der Waals surface area contributed by atoms with Gasteiger partial charge in [0, 0.05) is 0 Å². The molecule has 0 saturated carbocycles. The van der Waals surface area contributed by atoms with Crippen LogP contribution in [0.25, 0.3) is 0 Å². The van der Waals surface area contributed by atoms with Crippen molar-refractivity contribution in [3.05, 3.63) is 0 Å². The van der Waals surface area contributed by atoms with Gasteiger partial charge >= 0.3 is 0 Å². The lowest BCUT2D eigenvalue weighted by atomic mass is 10.4. The standard InChI is InChI=1S/C5H13NO2S.C2H6/c1-3-4-5-9(7,8)6-2;1-2/h6H,3-5H2,1-2H3;1-2H3. The molecule has 0 fully saturated rings. The Kier molecular flexibility index (Phi) is 9.83. The SMILES string of the molecule is CC.CCCCS(=O)(=O)NC. The second-order valence-corrected chi connectivity index (χ2v) is 3.92. The van der Waals surface area contributed by atoms with Gasteiger partial charge in [0.2, 0.25) is 10.0 Å². The van der Waals surface area contributed by atoms with Gasteiger partial charge in [0.15, 0.2) is 0 Å². The molecule has 0 aliphatic carbocycles. The molecule has 0 aromatic carbocycles. The normalized spacial score (nSPS) is 10.2. The molecule has 0 bridgehead atoms. The molecule has 0 aliphatic rings. The second kappa shape index (κ2) is 8.01. The summed E-state index contributed by atoms with van der Waals surface area (Å²) in [5.41, 5.74) is 0. The Morgan fingerprint density at radius 3 is 2.00 bits per heavy atom. The average Bonchev–Trinajstić information content (AvgIpc) is 2.05. The molecule has 0 rings (SSSR count). The van der Waals surface area contributed by atoms with Crippen molar-refractivity contribution in [1.82, 2.24) is 4.72 Å². The average molecular weight is 181 g/mol. The van der Waals surface area contributed by atoms with Gasteiger partial charge in [0.05, 0.1) is 5.75 Å². The smallest absolute Gasteiger partial charge is 0.211 e. The number of hydrogen-bond donors (Lipinski definition) is 1. The molecule has 11 heavy (non-hydrogen) atoms. The van der Waals surface area contributed by atoms with E-state index in [1.807, 2.05) is 20.8 Å². The van der Waals surface area contributed by atoms with E-state index >= 15 is 0 Å². The summed E-state index contributed by atoms with van der Waals surface area (Å²) >= 11 is 0. The monoisotopic (exact) mass is 181 g/mol. The first-order valence-corrected chi connectivity index (χ1v) is 5.69. The van der Waals surface area contributed by atoms with Gasteiger partial charge in [-0.3, -0.25) is 0 Å². The zero-order chi connectivity index (χ0) is 9.33. The molecule has 0 unspecified atom stereocenters. The zero-order valence-corrected chi connectivity index (χ0v) is 8.66. The maximum absolute atomic E-state index is 10.6. The molecule has 3 nitrogen and oxygen atoms in total. The van der Waals surface area contributed by atoms with E-state index in [2.05, 4.69) is 4.72 Å². The Labute approximate surface area is 70.2 Å². The maximum Gasteiger partial charge on any atom is 0.211 e. The number of rotatable bonds is 4. The lowest BCUT2D eigenvalue weighted by molar-refractivity contribution is 0.585. The van der Waals surface area contributed by atoms with Crippen LogP contribution in [0.1, 0.15) is 33.6 Å². The molecular weight excluding hydrogens is 162 g/mol. The Hall–Kier alpha value is -0.0900. The first-order chi connectivity index (χ1) is 5.12. The Bertz CT molecular complexity index is 152. The van der Waals surface area contributed by atoms with Gasteiger partial charge in [-0.15, -0.1) is 0 Å². The van der Waals surface area contributed by atoms with Crippen LogP contribution in [-0.2, 0) is 10.0 Å². The molecule has 0 radical (unpaired) electrons. The first kappa shape index (κ1) is 13.5. The predicted octanol–water partition coefficient (Wildman–Crippen LogP) is 1.36. The third-order valence-electron chi connectivity index (χ3n) is 1.08. The number of sulfonamides is 1. The summed E-state index contributed by atoms with van der Waals surface area (Å²) in [7, 11) is -1.50. The highest BCUT2D eigenvalue weighted by Gasteiger charge is 2.03. The fraction of sp³-hybridized carbons (Fsp3) is 1.00. The largest absolute Gasteiger partial charge is 0.218 e. The van der Waals surface area contributed by atoms with Gasteiger partial charge in [-0.2, -0.15) is 0 Å². The van der Waals surface area contributed by atoms with Crippen LogP contribution < -0.4 is 4.72 Å². The highest BCUT2D eigenvalue weighted by molar-refractivity contribution is 7.89. The van der Waals surface area contributed by atoms with E-state index in [0.717, 1.165) is 12.8 Å². The van der Waals surface area contributed by atoms with Crippen molar-refractivity contribution in [2.75, 3.05) is 12.8 Å². The van der Waals surface area contributed by atoms with E-state index in [4.69, 9.17) is 0 Å². The summed E-state index contributed by atoms with van der Waals surface area (Å²) in [6.07, 6.45) is 1.66. The number of nitrogens with one attached hydrogen (secondary N) is 1. The Morgan fingerprint density at radius 1 is 1.27 bits per heavy atom. The van der Waals surface area contributed by atoms with E-state index < -0.39 is 10.0 Å². The summed E-state index contributed by atoms with van der Waals surface area (Å²) < 4.78 is 23.5. The van der Waals surface area contributed by atoms with Gasteiger partial charge in [-0.05, 0) is 13.5 Å². The van der Waals surface area contributed by atoms with E-state index in [1.54, 1.807) is 0 Å². The topological polar surface area (TPSA) is 46.2 Å². The molecule has 0 aromatic heterocycles. The van der Waals surface area contributed by atoms with Gasteiger partial charge in [-0.25, -0.2) is 13.1 Å². The van der Waals surface area contributed by atoms with Crippen molar-refractivity contribution in [2.24, 2.45) is 0 Å². The molecule has 0 heterocycles. The number of hydrogen-bond acceptors (Lipinski definition) is 2. The minimum absolute atomic E-state index is 0.250. The maximum atomic E-state index is 10.6. The minimum Gasteiger partial charge on any atom is -0.218 e. The van der Waals surface area contributed by atoms with Crippen LogP contribution in [-0.4, -0.2) is 21.2 Å². The van der Waals surface area contributed by atoms with E-state index in [9.17, 15) is 8.42 Å². The fourth-order valence-corrected chi connectivity index (χ4v) is 1.31. The molecule has 0 amide bonds. The van der Waals surface area contributed by atoms with Gasteiger partial charge in [0.25, 0.3) is 0 Å². The molecule has 0 spiro atoms. The van der Waals surface area contributed by atoms with Crippen molar-refractivity contribution in [2.45, 2.75) is 33.6 Å². The molecule has 0 aromatic rings. The van der Waals surface area contributed by atoms with Crippen LogP contribution >= 0.6 is 0 Å². The fourth-order valence-electron chi connectivity index (χ4n) is 0.436. The molecule has 0 aliphatic heterocycles. The second-order valence-electron chi connectivity index (χ2n) is 1.88. The van der Waals surface area contributed by atoms with Crippen LogP contribution in [0.4, 0.5) is 0 Å². The van der Waals surface area contributed by atoms with Gasteiger partial charge < -0.3 is 0 Å². The van der Waals surface area contributed by atoms with Gasteiger partial charge in [-0.1, -0.05) is 27.2 Å². The Morgan fingerprint density at radius 2 is 1.73 bits per heavy atom. The summed E-state index contributed by atoms with van der Waals surface area (Å²) in [5.74, 6) is 0.250. The molecule has 4 heteroatoms. The van der Waals surface area contributed by atoms with Crippen molar-refractivity contribution in [3.63, 3.8) is 0 Å². The zero-order valence-electron chi connectivity index (χ0n) is 7.85. The molecular formula is C7H19NO2S. The van der Waals surface area contributed by atoms with E-state index in [0.29, 0.717) is 0 Å². The lowest BCUT2D eigenvalue weighted by Gasteiger charge is -1.97. The van der Waals surface area contributed by atoms with Crippen molar-refractivity contribution in [1.29, 1.82) is 0 Å². The molecule has 1 N–H and O–H groups in total. The molecule has 0 atom stereocenters. The molecule has 70 valence electrons. The van der Waals surface area contributed by atoms with Crippen molar-refractivity contribution < 1.29 is 8.42 Å². The van der Waals surface area contributed by atoms with E-state index in [-0.39, 0.29) is 5.75 Å². The van der Waals surface area contributed by atoms with Crippen LogP contribution in [0.3, 0.4) is 0 Å². The van der Waals surface area contributed by atoms with E-state index in [1.165, 1.54) is 7.05 Å². The lowest BCUT2D eigenvalue weighted by Crippen LogP contribution is -2.21. The summed E-state index contributed by atoms with van der Waals surface area (Å²) in [5, 5.41) is 0. The molecule has 0 saturated heterocycles. The van der Waals surface area contributed by atoms with Crippen molar-refractivity contribution in [3.8, 4) is 0 Å². The summed E-state index contributed by atoms with van der Waals surface area (Å²) in [6, 6.07) is 0. The van der Waals surface area contributed by atoms with Crippen LogP contribution in [0.2, 0.25) is 0 Å². The van der Waals surface area contributed by atoms with Crippen molar-refractivity contribution >= 4 is 10.0 Å². The highest BCUT2D eigenvalue weighted by atomic mass is 32.2. The highest BCUT2D eigenvalue weighted by Crippen LogP contribution is 1.91. The summed E-state index contributed by atoms with van der Waals surface area (Å²) in [6.45, 7) is 5.96. The van der Waals surface area contributed by atoms with Crippen LogP contribution in [0.5, 0.6) is 0 Å². The minimum atomic E-state index is -2.93. The van der Waals surface area contributed by atoms with Gasteiger partial charge in [0.1, 0.15) is 0 Å². The third-order valence-corrected chi connectivity index (χ3v) is 2.53. The predicted molar refractivity (Wildman–Crippen MR) is 49.1 cm³/mol. The van der Waals surface area contributed by atoms with Crippen LogP contribution in [0.15, 0.2) is 0 Å². The number of unbranched alkanes of at least 4 members (excludes halogenated alkanes) is 1. The Balaban J connectivity index is 0. The summed E-state index contributed by atoms with van der Waals surface area (Å²) in [4.78, 5) is 0. The van der Waals surface area contributed by atoms with Crippen LogP contribution in [0, 0.1) is 0 Å². The third kappa shape index (κ3) is 9.91. The first-order valence-electron chi connectivity index (χ1n) is 4.03.